The van der Waals surface area contributed by atoms with Crippen molar-refractivity contribution in [1.82, 2.24) is 0 Å². The second kappa shape index (κ2) is 2.40. The predicted molar refractivity (Wildman–Crippen MR) is 32.0 cm³/mol. The molecule has 0 aromatic rings. The Morgan fingerprint density at radius 2 is 1.57 bits per heavy atom. The summed E-state index contributed by atoms with van der Waals surface area (Å²) in [4.78, 5) is 0. The topological polar surface area (TPSA) is 20.2 Å². The molecule has 1 atom stereocenters. The van der Waals surface area contributed by atoms with Gasteiger partial charge < -0.3 is 5.11 Å². The van der Waals surface area contributed by atoms with Crippen molar-refractivity contribution in [3.63, 3.8) is 0 Å². The first kappa shape index (κ1) is 7.83. The van der Waals surface area contributed by atoms with Crippen LogP contribution in [-0.2, 0) is 0 Å². The van der Waals surface area contributed by atoms with Crippen LogP contribution in [0.25, 0.3) is 0 Å². The van der Waals surface area contributed by atoms with Gasteiger partial charge in [0.15, 0.2) is 0 Å². The number of aliphatic hydroxyl groups is 1. The summed E-state index contributed by atoms with van der Waals surface area (Å²) in [5.41, 5.74) is 0. The lowest BCUT2D eigenvalue weighted by molar-refractivity contribution is 0.199. The lowest BCUT2D eigenvalue weighted by Crippen LogP contribution is -2.20. The van der Waals surface area contributed by atoms with E-state index in [-0.39, 0.29) is 0 Å². The number of alkyl halides is 3. The average Bonchev–Trinajstić information content (AvgIpc) is 1.31. The van der Waals surface area contributed by atoms with Crippen molar-refractivity contribution in [2.75, 3.05) is 0 Å². The van der Waals surface area contributed by atoms with Crippen molar-refractivity contribution >= 4 is 34.8 Å². The van der Waals surface area contributed by atoms with Gasteiger partial charge >= 0.3 is 0 Å². The molecule has 0 fully saturated rings. The summed E-state index contributed by atoms with van der Waals surface area (Å²) >= 11 is 15.4. The van der Waals surface area contributed by atoms with Crippen LogP contribution < -0.4 is 0 Å². The first-order valence-corrected chi connectivity index (χ1v) is 2.83. The van der Waals surface area contributed by atoms with Crippen LogP contribution in [0, 0.1) is 0 Å². The standard InChI is InChI=1S/C3H5Cl3O/c1-2(7)3(4,5)6/h2,7H,1H3/t2-/m0/s1. The molecule has 0 rings (SSSR count). The van der Waals surface area contributed by atoms with Crippen LogP contribution in [0.1, 0.15) is 6.92 Å². The van der Waals surface area contributed by atoms with Gasteiger partial charge in [-0.1, -0.05) is 34.8 Å². The van der Waals surface area contributed by atoms with Gasteiger partial charge in [0.05, 0.1) is 6.10 Å². The molecule has 0 aliphatic heterocycles. The second-order valence-corrected chi connectivity index (χ2v) is 3.59. The van der Waals surface area contributed by atoms with Gasteiger partial charge in [-0.15, -0.1) is 0 Å². The van der Waals surface area contributed by atoms with Crippen molar-refractivity contribution in [1.29, 1.82) is 0 Å². The van der Waals surface area contributed by atoms with Crippen LogP contribution in [0.15, 0.2) is 0 Å². The van der Waals surface area contributed by atoms with Crippen molar-refractivity contribution in [3.05, 3.63) is 0 Å². The normalized spacial score (nSPS) is 16.7. The lowest BCUT2D eigenvalue weighted by Gasteiger charge is -2.12. The zero-order valence-corrected chi connectivity index (χ0v) is 5.93. The summed E-state index contributed by atoms with van der Waals surface area (Å²) in [6.07, 6.45) is -0.905. The van der Waals surface area contributed by atoms with Crippen LogP contribution in [0.5, 0.6) is 0 Å². The molecule has 1 N–H and O–H groups in total. The maximum absolute atomic E-state index is 8.49. The molecule has 0 aliphatic carbocycles. The van der Waals surface area contributed by atoms with Crippen LogP contribution >= 0.6 is 34.8 Å². The highest BCUT2D eigenvalue weighted by Crippen LogP contribution is 2.29. The van der Waals surface area contributed by atoms with E-state index in [2.05, 4.69) is 0 Å². The third-order valence-electron chi connectivity index (χ3n) is 0.474. The Bertz CT molecular complexity index is 55.7. The number of hydrogen-bond acceptors (Lipinski definition) is 1. The molecule has 1 nitrogen and oxygen atoms in total. The molecule has 0 aromatic carbocycles. The fourth-order valence-electron chi connectivity index (χ4n) is 0. The van der Waals surface area contributed by atoms with E-state index in [1.807, 2.05) is 0 Å². The predicted octanol–water partition coefficient (Wildman–Crippen LogP) is 1.74. The minimum atomic E-state index is -1.53. The van der Waals surface area contributed by atoms with E-state index >= 15 is 0 Å². The van der Waals surface area contributed by atoms with Gasteiger partial charge in [-0.25, -0.2) is 0 Å². The first-order chi connectivity index (χ1) is 2.94. The van der Waals surface area contributed by atoms with Crippen LogP contribution in [-0.4, -0.2) is 15.0 Å². The molecule has 0 saturated carbocycles. The maximum Gasteiger partial charge on any atom is 0.215 e. The molecule has 0 unspecified atom stereocenters. The van der Waals surface area contributed by atoms with Crippen molar-refractivity contribution in [2.24, 2.45) is 0 Å². The molecule has 0 spiro atoms. The first-order valence-electron chi connectivity index (χ1n) is 1.69. The Morgan fingerprint density at radius 3 is 1.57 bits per heavy atom. The highest BCUT2D eigenvalue weighted by molar-refractivity contribution is 6.68. The van der Waals surface area contributed by atoms with Crippen molar-refractivity contribution in [3.8, 4) is 0 Å². The summed E-state index contributed by atoms with van der Waals surface area (Å²) in [6, 6.07) is 0. The van der Waals surface area contributed by atoms with Crippen LogP contribution in [0.4, 0.5) is 0 Å². The second-order valence-electron chi connectivity index (χ2n) is 1.22. The van der Waals surface area contributed by atoms with E-state index in [4.69, 9.17) is 39.9 Å². The molecule has 4 heteroatoms. The summed E-state index contributed by atoms with van der Waals surface area (Å²) in [5, 5.41) is 8.49. The third-order valence-corrected chi connectivity index (χ3v) is 1.42. The lowest BCUT2D eigenvalue weighted by atomic mass is 10.5. The van der Waals surface area contributed by atoms with E-state index in [1.165, 1.54) is 6.92 Å². The minimum Gasteiger partial charge on any atom is -0.389 e. The molecule has 0 aromatic heterocycles. The molecule has 7 heavy (non-hydrogen) atoms. The summed E-state index contributed by atoms with van der Waals surface area (Å²) < 4.78 is -1.53. The van der Waals surface area contributed by atoms with Crippen molar-refractivity contribution < 1.29 is 5.11 Å². The Hall–Kier alpha value is 0.830. The third kappa shape index (κ3) is 3.42. The number of halogens is 3. The monoisotopic (exact) mass is 162 g/mol. The van der Waals surface area contributed by atoms with E-state index in [0.717, 1.165) is 0 Å². The van der Waals surface area contributed by atoms with Gasteiger partial charge in [0.25, 0.3) is 0 Å². The van der Waals surface area contributed by atoms with Gasteiger partial charge in [-0.2, -0.15) is 0 Å². The Morgan fingerprint density at radius 1 is 1.43 bits per heavy atom. The molecule has 0 saturated heterocycles. The number of aliphatic hydroxyl groups excluding tert-OH is 1. The van der Waals surface area contributed by atoms with E-state index in [9.17, 15) is 0 Å². The SMILES string of the molecule is C[C@H](O)C(Cl)(Cl)Cl. The molecule has 0 bridgehead atoms. The van der Waals surface area contributed by atoms with Gasteiger partial charge in [0, 0.05) is 0 Å². The average molecular weight is 163 g/mol. The highest BCUT2D eigenvalue weighted by Gasteiger charge is 2.25. The van der Waals surface area contributed by atoms with Crippen LogP contribution in [0.2, 0.25) is 0 Å². The fourth-order valence-corrected chi connectivity index (χ4v) is 0. The van der Waals surface area contributed by atoms with E-state index < -0.39 is 9.90 Å². The summed E-state index contributed by atoms with van der Waals surface area (Å²) in [7, 11) is 0. The van der Waals surface area contributed by atoms with Gasteiger partial charge in [0.2, 0.25) is 3.79 Å². The summed E-state index contributed by atoms with van der Waals surface area (Å²) in [5.74, 6) is 0. The van der Waals surface area contributed by atoms with Gasteiger partial charge in [-0.3, -0.25) is 0 Å². The van der Waals surface area contributed by atoms with Gasteiger partial charge in [0.1, 0.15) is 0 Å². The Balaban J connectivity index is 3.54. The number of hydrogen-bond donors (Lipinski definition) is 1. The van der Waals surface area contributed by atoms with Crippen molar-refractivity contribution in [2.45, 2.75) is 16.8 Å². The largest absolute Gasteiger partial charge is 0.389 e. The Kier molecular flexibility index (Phi) is 2.69. The van der Waals surface area contributed by atoms with Gasteiger partial charge in [-0.05, 0) is 6.92 Å². The van der Waals surface area contributed by atoms with E-state index in [0.29, 0.717) is 0 Å². The molecular weight excluding hydrogens is 158 g/mol. The molecule has 0 heterocycles. The quantitative estimate of drug-likeness (QED) is 0.539. The Labute approximate surface area is 57.2 Å². The molecular formula is C3H5Cl3O. The highest BCUT2D eigenvalue weighted by atomic mass is 35.6. The smallest absolute Gasteiger partial charge is 0.215 e. The molecule has 44 valence electrons. The zero-order valence-electron chi connectivity index (χ0n) is 3.66. The fraction of sp³-hybridized carbons (Fsp3) is 1.00. The molecule has 0 aliphatic rings. The summed E-state index contributed by atoms with van der Waals surface area (Å²) in [6.45, 7) is 1.41. The maximum atomic E-state index is 8.49. The minimum absolute atomic E-state index is 0.905. The van der Waals surface area contributed by atoms with E-state index in [1.54, 1.807) is 0 Å². The van der Waals surface area contributed by atoms with Crippen LogP contribution in [0.3, 0.4) is 0 Å². The zero-order chi connectivity index (χ0) is 6.08. The molecule has 0 radical (unpaired) electrons. The number of rotatable bonds is 0. The molecule has 0 amide bonds.